The lowest BCUT2D eigenvalue weighted by Gasteiger charge is -2.00. The average Bonchev–Trinajstić information content (AvgIpc) is 2.03. The van der Waals surface area contributed by atoms with Crippen LogP contribution >= 0.6 is 11.8 Å². The number of methoxy groups -OCH3 is 1. The van der Waals surface area contributed by atoms with E-state index in [4.69, 9.17) is 0 Å². The summed E-state index contributed by atoms with van der Waals surface area (Å²) in [5, 5.41) is 0. The minimum Gasteiger partial charge on any atom is -0.374 e. The Hall–Kier alpha value is -0.0200. The van der Waals surface area contributed by atoms with Crippen LogP contribution in [-0.4, -0.2) is 31.0 Å². The lowest BCUT2D eigenvalue weighted by Crippen LogP contribution is -2.14. The fraction of sp³-hybridized carbons (Fsp3) is 0.875. The van der Waals surface area contributed by atoms with Gasteiger partial charge in [0.25, 0.3) is 0 Å². The maximum atomic E-state index is 10.2. The number of Topliss-reactive ketones (excluding diaryl/α,β-unsaturated/α-hetero) is 1. The van der Waals surface area contributed by atoms with Crippen LogP contribution in [0, 0.1) is 0 Å². The van der Waals surface area contributed by atoms with Crippen LogP contribution < -0.4 is 0 Å². The second-order valence-corrected chi connectivity index (χ2v) is 3.22. The predicted molar refractivity (Wildman–Crippen MR) is 51.2 cm³/mol. The first-order valence-electron chi connectivity index (χ1n) is 3.62. The molecule has 0 spiro atoms. The summed E-state index contributed by atoms with van der Waals surface area (Å²) in [5.41, 5.74) is 0. The van der Waals surface area contributed by atoms with Crippen molar-refractivity contribution in [2.75, 3.05) is 19.1 Å². The van der Waals surface area contributed by atoms with E-state index < -0.39 is 0 Å². The van der Waals surface area contributed by atoms with Crippen molar-refractivity contribution >= 4 is 17.5 Å². The first-order chi connectivity index (χ1) is 5.09. The molecular weight excluding hydrogens is 160 g/mol. The first kappa shape index (κ1) is 13.6. The van der Waals surface area contributed by atoms with Gasteiger partial charge in [-0.25, -0.2) is 0 Å². The van der Waals surface area contributed by atoms with Crippen LogP contribution in [0.5, 0.6) is 0 Å². The summed E-state index contributed by atoms with van der Waals surface area (Å²) in [7, 11) is 1.52. The molecule has 0 aromatic carbocycles. The van der Waals surface area contributed by atoms with E-state index in [9.17, 15) is 4.79 Å². The monoisotopic (exact) mass is 178 g/mol. The molecule has 0 N–H and O–H groups in total. The number of thioether (sulfide) groups is 1. The zero-order valence-electron chi connectivity index (χ0n) is 8.01. The van der Waals surface area contributed by atoms with Crippen LogP contribution in [0.3, 0.4) is 0 Å². The molecule has 68 valence electrons. The molecule has 0 aliphatic carbocycles. The van der Waals surface area contributed by atoms with Crippen molar-refractivity contribution < 1.29 is 9.53 Å². The van der Waals surface area contributed by atoms with E-state index in [0.717, 1.165) is 0 Å². The van der Waals surface area contributed by atoms with Crippen LogP contribution in [0.4, 0.5) is 0 Å². The molecule has 0 bridgehead atoms. The third-order valence-corrected chi connectivity index (χ3v) is 1.79. The number of hydrogen-bond donors (Lipinski definition) is 0. The van der Waals surface area contributed by atoms with Gasteiger partial charge in [0, 0.05) is 7.11 Å². The van der Waals surface area contributed by atoms with Gasteiger partial charge in [-0.1, -0.05) is 6.92 Å². The molecule has 0 aliphatic rings. The molecule has 1 atom stereocenters. The Labute approximate surface area is 73.7 Å². The normalized spacial score (nSPS) is 11.4. The Bertz CT molecular complexity index is 92.1. The van der Waals surface area contributed by atoms with Gasteiger partial charge in [0.15, 0.2) is 5.78 Å². The van der Waals surface area contributed by atoms with E-state index in [2.05, 4.69) is 17.9 Å². The Morgan fingerprint density at radius 2 is 2.00 bits per heavy atom. The van der Waals surface area contributed by atoms with E-state index >= 15 is 0 Å². The van der Waals surface area contributed by atoms with Crippen LogP contribution in [0.1, 0.15) is 20.8 Å². The zero-order chi connectivity index (χ0) is 9.28. The van der Waals surface area contributed by atoms with E-state index in [0.29, 0.717) is 0 Å². The number of rotatable bonds is 3. The largest absolute Gasteiger partial charge is 0.374 e. The van der Waals surface area contributed by atoms with Gasteiger partial charge in [0.05, 0.1) is 0 Å². The highest BCUT2D eigenvalue weighted by Crippen LogP contribution is 1.86. The first-order valence-corrected chi connectivity index (χ1v) is 5.01. The fourth-order valence-electron chi connectivity index (χ4n) is 0.166. The summed E-state index contributed by atoms with van der Waals surface area (Å²) >= 11 is 1.86. The topological polar surface area (TPSA) is 26.3 Å². The third-order valence-electron chi connectivity index (χ3n) is 1.21. The minimum atomic E-state index is -0.236. The highest BCUT2D eigenvalue weighted by Gasteiger charge is 2.01. The lowest BCUT2D eigenvalue weighted by atomic mass is 10.3. The SMILES string of the molecule is CCSC.COC(C)C(C)=O. The molecule has 0 heterocycles. The Kier molecular flexibility index (Phi) is 12.3. The molecule has 0 radical (unpaired) electrons. The third kappa shape index (κ3) is 13.0. The van der Waals surface area contributed by atoms with E-state index in [1.807, 2.05) is 11.8 Å². The van der Waals surface area contributed by atoms with Gasteiger partial charge >= 0.3 is 0 Å². The average molecular weight is 178 g/mol. The van der Waals surface area contributed by atoms with Crippen molar-refractivity contribution in [3.8, 4) is 0 Å². The summed E-state index contributed by atoms with van der Waals surface area (Å²) < 4.78 is 4.66. The molecule has 0 saturated carbocycles. The molecule has 11 heavy (non-hydrogen) atoms. The number of ether oxygens (including phenoxy) is 1. The zero-order valence-corrected chi connectivity index (χ0v) is 8.83. The van der Waals surface area contributed by atoms with Gasteiger partial charge in [-0.2, -0.15) is 11.8 Å². The van der Waals surface area contributed by atoms with Gasteiger partial charge in [0.1, 0.15) is 6.10 Å². The minimum absolute atomic E-state index is 0.0718. The van der Waals surface area contributed by atoms with Crippen molar-refractivity contribution in [3.63, 3.8) is 0 Å². The second kappa shape index (κ2) is 9.98. The Morgan fingerprint density at radius 1 is 1.64 bits per heavy atom. The quantitative estimate of drug-likeness (QED) is 0.661. The molecule has 3 heteroatoms. The van der Waals surface area contributed by atoms with Gasteiger partial charge in [-0.3, -0.25) is 4.79 Å². The molecular formula is C8H18O2S. The highest BCUT2D eigenvalue weighted by atomic mass is 32.2. The van der Waals surface area contributed by atoms with Gasteiger partial charge in [-0.05, 0) is 25.9 Å². The standard InChI is InChI=1S/C5H10O2.C3H8S/c1-4(6)5(2)7-3;1-3-4-2/h5H,1-3H3;3H2,1-2H3. The molecule has 0 aromatic rings. The summed E-state index contributed by atoms with van der Waals surface area (Å²) in [5.74, 6) is 1.31. The fourth-order valence-corrected chi connectivity index (χ4v) is 0.166. The van der Waals surface area contributed by atoms with Crippen molar-refractivity contribution in [2.45, 2.75) is 26.9 Å². The van der Waals surface area contributed by atoms with E-state index in [1.54, 1.807) is 6.92 Å². The van der Waals surface area contributed by atoms with Crippen LogP contribution in [0.2, 0.25) is 0 Å². The summed E-state index contributed by atoms with van der Waals surface area (Å²) in [6.45, 7) is 5.38. The number of hydrogen-bond acceptors (Lipinski definition) is 3. The summed E-state index contributed by atoms with van der Waals surface area (Å²) in [6.07, 6.45) is 1.86. The molecule has 0 saturated heterocycles. The van der Waals surface area contributed by atoms with Gasteiger partial charge in [0.2, 0.25) is 0 Å². The summed E-state index contributed by atoms with van der Waals surface area (Å²) in [4.78, 5) is 10.2. The molecule has 0 amide bonds. The lowest BCUT2D eigenvalue weighted by molar-refractivity contribution is -0.125. The Balaban J connectivity index is 0. The summed E-state index contributed by atoms with van der Waals surface area (Å²) in [6, 6.07) is 0. The smallest absolute Gasteiger partial charge is 0.158 e. The van der Waals surface area contributed by atoms with Crippen molar-refractivity contribution in [1.82, 2.24) is 0 Å². The van der Waals surface area contributed by atoms with E-state index in [-0.39, 0.29) is 11.9 Å². The van der Waals surface area contributed by atoms with Crippen LogP contribution in [0.25, 0.3) is 0 Å². The highest BCUT2D eigenvalue weighted by molar-refractivity contribution is 7.98. The Morgan fingerprint density at radius 3 is 2.00 bits per heavy atom. The number of ketones is 1. The maximum Gasteiger partial charge on any atom is 0.158 e. The molecule has 0 rings (SSSR count). The van der Waals surface area contributed by atoms with Crippen molar-refractivity contribution in [3.05, 3.63) is 0 Å². The molecule has 1 unspecified atom stereocenters. The van der Waals surface area contributed by atoms with Crippen molar-refractivity contribution in [2.24, 2.45) is 0 Å². The molecule has 2 nitrogen and oxygen atoms in total. The molecule has 0 aromatic heterocycles. The predicted octanol–water partition coefficient (Wildman–Crippen LogP) is 1.98. The van der Waals surface area contributed by atoms with Crippen LogP contribution in [0.15, 0.2) is 0 Å². The second-order valence-electron chi connectivity index (χ2n) is 2.07. The van der Waals surface area contributed by atoms with Gasteiger partial charge < -0.3 is 4.74 Å². The number of carbonyl (C=O) groups excluding carboxylic acids is 1. The van der Waals surface area contributed by atoms with Gasteiger partial charge in [-0.15, -0.1) is 0 Å². The van der Waals surface area contributed by atoms with E-state index in [1.165, 1.54) is 19.8 Å². The molecule has 0 aliphatic heterocycles. The number of carbonyl (C=O) groups is 1. The molecule has 0 fully saturated rings. The van der Waals surface area contributed by atoms with Crippen molar-refractivity contribution in [1.29, 1.82) is 0 Å². The van der Waals surface area contributed by atoms with Crippen LogP contribution in [-0.2, 0) is 9.53 Å². The maximum absolute atomic E-state index is 10.2.